The summed E-state index contributed by atoms with van der Waals surface area (Å²) in [4.78, 5) is 25.1. The van der Waals surface area contributed by atoms with E-state index in [4.69, 9.17) is 21.1 Å². The van der Waals surface area contributed by atoms with Crippen molar-refractivity contribution >= 4 is 45.4 Å². The number of carbonyl (C=O) groups is 2. The largest absolute Gasteiger partial charge is 0.452 e. The molecule has 1 aliphatic rings. The summed E-state index contributed by atoms with van der Waals surface area (Å²) < 4.78 is 12.2. The molecule has 0 N–H and O–H groups in total. The Morgan fingerprint density at radius 1 is 1.07 bits per heavy atom. The minimum Gasteiger partial charge on any atom is -0.452 e. The molecule has 1 aliphatic heterocycles. The molecule has 0 radical (unpaired) electrons. The Labute approximate surface area is 180 Å². The molecule has 0 atom stereocenters. The Morgan fingerprint density at radius 2 is 1.79 bits per heavy atom. The maximum Gasteiger partial charge on any atom is 0.343 e. The number of allylic oxidation sites excluding steroid dienone is 1. The number of halogens is 2. The third kappa shape index (κ3) is 3.84. The van der Waals surface area contributed by atoms with Gasteiger partial charge < -0.3 is 9.47 Å². The number of ketones is 1. The first-order valence-electron chi connectivity index (χ1n) is 8.74. The molecule has 0 unspecified atom stereocenters. The lowest BCUT2D eigenvalue weighted by Crippen LogP contribution is -2.09. The molecule has 0 saturated carbocycles. The first-order chi connectivity index (χ1) is 13.9. The molecule has 144 valence electrons. The average Bonchev–Trinajstić information content (AvgIpc) is 3.03. The Hall–Kier alpha value is -2.89. The Kier molecular flexibility index (Phi) is 5.26. The van der Waals surface area contributed by atoms with Crippen molar-refractivity contribution in [2.75, 3.05) is 0 Å². The fraction of sp³-hybridized carbons (Fsp3) is 0.0435. The van der Waals surface area contributed by atoms with Gasteiger partial charge >= 0.3 is 5.97 Å². The normalized spacial score (nSPS) is 13.9. The van der Waals surface area contributed by atoms with Gasteiger partial charge in [-0.3, -0.25) is 4.79 Å². The minimum absolute atomic E-state index is 0.174. The number of hydrogen-bond acceptors (Lipinski definition) is 4. The molecule has 0 saturated heterocycles. The van der Waals surface area contributed by atoms with Crippen molar-refractivity contribution in [1.29, 1.82) is 0 Å². The number of carbonyl (C=O) groups excluding carboxylic acids is 2. The lowest BCUT2D eigenvalue weighted by Gasteiger charge is -2.10. The molecule has 0 bridgehead atoms. The number of benzene rings is 3. The van der Waals surface area contributed by atoms with Crippen LogP contribution < -0.4 is 9.47 Å². The van der Waals surface area contributed by atoms with E-state index in [9.17, 15) is 9.59 Å². The van der Waals surface area contributed by atoms with Crippen molar-refractivity contribution in [2.24, 2.45) is 0 Å². The van der Waals surface area contributed by atoms with E-state index in [1.54, 1.807) is 61.5 Å². The van der Waals surface area contributed by atoms with Crippen molar-refractivity contribution in [3.63, 3.8) is 0 Å². The van der Waals surface area contributed by atoms with E-state index in [-0.39, 0.29) is 11.5 Å². The molecule has 0 fully saturated rings. The van der Waals surface area contributed by atoms with Crippen LogP contribution >= 0.6 is 27.5 Å². The Balaban J connectivity index is 1.62. The van der Waals surface area contributed by atoms with Crippen LogP contribution in [0.2, 0.25) is 5.02 Å². The van der Waals surface area contributed by atoms with E-state index >= 15 is 0 Å². The first-order valence-corrected chi connectivity index (χ1v) is 9.91. The fourth-order valence-electron chi connectivity index (χ4n) is 2.96. The summed E-state index contributed by atoms with van der Waals surface area (Å²) in [6.07, 6.45) is 1.61. The van der Waals surface area contributed by atoms with Gasteiger partial charge in [0.2, 0.25) is 5.78 Å². The second-order valence-electron chi connectivity index (χ2n) is 6.42. The number of esters is 1. The second kappa shape index (κ2) is 7.85. The van der Waals surface area contributed by atoms with Crippen molar-refractivity contribution in [3.8, 4) is 11.5 Å². The van der Waals surface area contributed by atoms with Gasteiger partial charge in [-0.05, 0) is 61.0 Å². The summed E-state index contributed by atoms with van der Waals surface area (Å²) in [7, 11) is 0. The van der Waals surface area contributed by atoms with Crippen LogP contribution in [0.1, 0.15) is 31.8 Å². The number of rotatable bonds is 3. The van der Waals surface area contributed by atoms with Crippen LogP contribution in [-0.4, -0.2) is 11.8 Å². The maximum absolute atomic E-state index is 12.7. The fourth-order valence-corrected chi connectivity index (χ4v) is 3.41. The SMILES string of the molecule is Cc1c(OC(=O)c2ccc(Br)cc2)ccc2c1O/C(=C\c1ccccc1Cl)C2=O. The van der Waals surface area contributed by atoms with Crippen LogP contribution in [-0.2, 0) is 0 Å². The van der Waals surface area contributed by atoms with Crippen LogP contribution in [0.25, 0.3) is 6.08 Å². The van der Waals surface area contributed by atoms with E-state index in [1.807, 2.05) is 12.1 Å². The molecule has 0 amide bonds. The summed E-state index contributed by atoms with van der Waals surface area (Å²) in [5.74, 6) is 0.163. The third-order valence-electron chi connectivity index (χ3n) is 4.51. The van der Waals surface area contributed by atoms with Gasteiger partial charge in [0.05, 0.1) is 11.1 Å². The molecule has 4 nitrogen and oxygen atoms in total. The van der Waals surface area contributed by atoms with E-state index < -0.39 is 5.97 Å². The number of Topliss-reactive ketones (excluding diaryl/α,β-unsaturated/α-hetero) is 1. The van der Waals surface area contributed by atoms with Crippen LogP contribution in [0.3, 0.4) is 0 Å². The second-order valence-corrected chi connectivity index (χ2v) is 7.75. The molecule has 0 aliphatic carbocycles. The molecule has 0 aromatic heterocycles. The molecule has 29 heavy (non-hydrogen) atoms. The highest BCUT2D eigenvalue weighted by molar-refractivity contribution is 9.10. The van der Waals surface area contributed by atoms with Gasteiger partial charge in [-0.2, -0.15) is 0 Å². The Bertz CT molecular complexity index is 1170. The average molecular weight is 470 g/mol. The topological polar surface area (TPSA) is 52.6 Å². The van der Waals surface area contributed by atoms with Crippen molar-refractivity contribution in [3.05, 3.63) is 98.2 Å². The maximum atomic E-state index is 12.7. The van der Waals surface area contributed by atoms with Gasteiger partial charge in [0.1, 0.15) is 11.5 Å². The van der Waals surface area contributed by atoms with Gasteiger partial charge in [-0.1, -0.05) is 45.7 Å². The molecule has 0 spiro atoms. The van der Waals surface area contributed by atoms with Gasteiger partial charge in [-0.25, -0.2) is 4.79 Å². The summed E-state index contributed by atoms with van der Waals surface area (Å²) in [5, 5.41) is 0.521. The highest BCUT2D eigenvalue weighted by atomic mass is 79.9. The number of hydrogen-bond donors (Lipinski definition) is 0. The summed E-state index contributed by atoms with van der Waals surface area (Å²) in [5.41, 5.74) is 2.10. The zero-order chi connectivity index (χ0) is 20.5. The number of ether oxygens (including phenoxy) is 2. The van der Waals surface area contributed by atoms with E-state index in [1.165, 1.54) is 0 Å². The molecule has 6 heteroatoms. The highest BCUT2D eigenvalue weighted by Gasteiger charge is 2.30. The van der Waals surface area contributed by atoms with Gasteiger partial charge in [0.15, 0.2) is 5.76 Å². The Morgan fingerprint density at radius 3 is 2.52 bits per heavy atom. The summed E-state index contributed by atoms with van der Waals surface area (Å²) >= 11 is 9.50. The van der Waals surface area contributed by atoms with Gasteiger partial charge in [0, 0.05) is 15.1 Å². The van der Waals surface area contributed by atoms with Crippen molar-refractivity contribution in [1.82, 2.24) is 0 Å². The van der Waals surface area contributed by atoms with Crippen molar-refractivity contribution < 1.29 is 19.1 Å². The summed E-state index contributed by atoms with van der Waals surface area (Å²) in [6.45, 7) is 1.74. The van der Waals surface area contributed by atoms with E-state index in [2.05, 4.69) is 15.9 Å². The lowest BCUT2D eigenvalue weighted by atomic mass is 10.1. The monoisotopic (exact) mass is 468 g/mol. The molecule has 3 aromatic carbocycles. The molecule has 1 heterocycles. The predicted molar refractivity (Wildman–Crippen MR) is 115 cm³/mol. The number of fused-ring (bicyclic) bond motifs is 1. The lowest BCUT2D eigenvalue weighted by molar-refractivity contribution is 0.0733. The van der Waals surface area contributed by atoms with Gasteiger partial charge in [0.25, 0.3) is 0 Å². The van der Waals surface area contributed by atoms with Crippen molar-refractivity contribution in [2.45, 2.75) is 6.92 Å². The quantitative estimate of drug-likeness (QED) is 0.259. The zero-order valence-corrected chi connectivity index (χ0v) is 17.6. The molecular formula is C23H14BrClO4. The predicted octanol–water partition coefficient (Wildman–Crippen LogP) is 6.25. The van der Waals surface area contributed by atoms with E-state index in [0.717, 1.165) is 4.47 Å². The van der Waals surface area contributed by atoms with E-state index in [0.29, 0.717) is 38.8 Å². The smallest absolute Gasteiger partial charge is 0.343 e. The highest BCUT2D eigenvalue weighted by Crippen LogP contribution is 2.39. The van der Waals surface area contributed by atoms with Crippen LogP contribution in [0.15, 0.2) is 70.9 Å². The van der Waals surface area contributed by atoms with Crippen LogP contribution in [0, 0.1) is 6.92 Å². The van der Waals surface area contributed by atoms with Crippen LogP contribution in [0.4, 0.5) is 0 Å². The first kappa shape index (κ1) is 19.4. The molecule has 4 rings (SSSR count). The molecule has 3 aromatic rings. The molecular weight excluding hydrogens is 456 g/mol. The zero-order valence-electron chi connectivity index (χ0n) is 15.2. The summed E-state index contributed by atoms with van der Waals surface area (Å²) in [6, 6.07) is 17.2. The standard InChI is InChI=1S/C23H14BrClO4/c1-13-19(29-23(27)14-6-8-16(24)9-7-14)11-10-17-21(26)20(28-22(13)17)12-15-4-2-3-5-18(15)25/h2-12H,1H3/b20-12-. The van der Waals surface area contributed by atoms with Crippen LogP contribution in [0.5, 0.6) is 11.5 Å². The minimum atomic E-state index is -0.489. The van der Waals surface area contributed by atoms with Gasteiger partial charge in [-0.15, -0.1) is 0 Å². The third-order valence-corrected chi connectivity index (χ3v) is 5.38.